The molecule has 1 aliphatic rings. The highest BCUT2D eigenvalue weighted by atomic mass is 35.5. The maximum atomic E-state index is 6.03. The molecular formula is C13H16ClN5O. The number of halogens is 1. The van der Waals surface area contributed by atoms with Gasteiger partial charge < -0.3 is 10.5 Å². The number of tetrazole rings is 1. The van der Waals surface area contributed by atoms with E-state index in [1.165, 1.54) is 0 Å². The standard InChI is InChI=1S/C13H16ClN5O/c1-13(5-2-6-20-8-13)19-12(16-17-18-19)10-4-3-9(14)7-11(10)15/h3-4,7H,2,5-6,8,15H2,1H3. The molecule has 2 N–H and O–H groups in total. The van der Waals surface area contributed by atoms with Gasteiger partial charge in [-0.05, 0) is 48.4 Å². The number of benzene rings is 1. The van der Waals surface area contributed by atoms with E-state index in [4.69, 9.17) is 22.1 Å². The van der Waals surface area contributed by atoms with Gasteiger partial charge in [0.15, 0.2) is 5.82 Å². The second-order valence-corrected chi connectivity index (χ2v) is 5.74. The smallest absolute Gasteiger partial charge is 0.184 e. The van der Waals surface area contributed by atoms with Crippen LogP contribution in [0, 0.1) is 0 Å². The van der Waals surface area contributed by atoms with Gasteiger partial charge in [-0.25, -0.2) is 4.68 Å². The molecule has 1 fully saturated rings. The predicted octanol–water partition coefficient (Wildman–Crippen LogP) is 2.10. The van der Waals surface area contributed by atoms with Crippen molar-refractivity contribution in [2.45, 2.75) is 25.3 Å². The van der Waals surface area contributed by atoms with Crippen molar-refractivity contribution in [1.29, 1.82) is 0 Å². The second-order valence-electron chi connectivity index (χ2n) is 5.30. The van der Waals surface area contributed by atoms with E-state index in [0.717, 1.165) is 25.0 Å². The van der Waals surface area contributed by atoms with Crippen LogP contribution in [0.5, 0.6) is 0 Å². The fourth-order valence-corrected chi connectivity index (χ4v) is 2.72. The minimum absolute atomic E-state index is 0.247. The van der Waals surface area contributed by atoms with E-state index in [1.807, 2.05) is 10.7 Å². The number of nitrogen functional groups attached to an aromatic ring is 1. The second kappa shape index (κ2) is 5.03. The van der Waals surface area contributed by atoms with Crippen molar-refractivity contribution in [3.05, 3.63) is 23.2 Å². The molecule has 2 heterocycles. The van der Waals surface area contributed by atoms with Gasteiger partial charge in [-0.15, -0.1) is 5.10 Å². The van der Waals surface area contributed by atoms with Crippen molar-refractivity contribution in [2.24, 2.45) is 0 Å². The third kappa shape index (κ3) is 2.25. The monoisotopic (exact) mass is 293 g/mol. The van der Waals surface area contributed by atoms with Gasteiger partial charge in [-0.3, -0.25) is 0 Å². The first kappa shape index (κ1) is 13.3. The molecule has 6 nitrogen and oxygen atoms in total. The molecule has 1 aromatic heterocycles. The molecule has 1 aromatic carbocycles. The van der Waals surface area contributed by atoms with Crippen molar-refractivity contribution < 1.29 is 4.74 Å². The predicted molar refractivity (Wildman–Crippen MR) is 76.4 cm³/mol. The van der Waals surface area contributed by atoms with E-state index in [1.54, 1.807) is 12.1 Å². The van der Waals surface area contributed by atoms with E-state index in [2.05, 4.69) is 22.4 Å². The molecule has 3 rings (SSSR count). The van der Waals surface area contributed by atoms with Gasteiger partial charge in [0.05, 0.1) is 12.1 Å². The minimum Gasteiger partial charge on any atom is -0.398 e. The quantitative estimate of drug-likeness (QED) is 0.858. The maximum Gasteiger partial charge on any atom is 0.184 e. The molecule has 20 heavy (non-hydrogen) atoms. The van der Waals surface area contributed by atoms with Crippen molar-refractivity contribution in [2.75, 3.05) is 18.9 Å². The van der Waals surface area contributed by atoms with Crippen LogP contribution in [0.1, 0.15) is 19.8 Å². The number of nitrogens with zero attached hydrogens (tertiary/aromatic N) is 4. The molecule has 7 heteroatoms. The Balaban J connectivity index is 2.05. The first-order valence-corrected chi connectivity index (χ1v) is 6.90. The summed E-state index contributed by atoms with van der Waals surface area (Å²) in [5.74, 6) is 0.646. The van der Waals surface area contributed by atoms with Crippen LogP contribution >= 0.6 is 11.6 Å². The Kier molecular flexibility index (Phi) is 3.35. The largest absolute Gasteiger partial charge is 0.398 e. The molecule has 1 aliphatic heterocycles. The van der Waals surface area contributed by atoms with Crippen molar-refractivity contribution in [1.82, 2.24) is 20.2 Å². The highest BCUT2D eigenvalue weighted by Gasteiger charge is 2.34. The van der Waals surface area contributed by atoms with Gasteiger partial charge in [0.1, 0.15) is 0 Å². The van der Waals surface area contributed by atoms with Crippen LogP contribution < -0.4 is 5.73 Å². The lowest BCUT2D eigenvalue weighted by Crippen LogP contribution is -2.40. The summed E-state index contributed by atoms with van der Waals surface area (Å²) in [6.45, 7) is 3.48. The number of ether oxygens (including phenoxy) is 1. The molecule has 0 saturated carbocycles. The zero-order valence-electron chi connectivity index (χ0n) is 11.2. The molecule has 0 radical (unpaired) electrons. The molecule has 106 valence electrons. The topological polar surface area (TPSA) is 78.9 Å². The summed E-state index contributed by atoms with van der Waals surface area (Å²) in [6.07, 6.45) is 1.96. The molecule has 0 bridgehead atoms. The summed E-state index contributed by atoms with van der Waals surface area (Å²) in [7, 11) is 0. The number of nitrogens with two attached hydrogens (primary N) is 1. The number of rotatable bonds is 2. The van der Waals surface area contributed by atoms with Crippen LogP contribution in [0.4, 0.5) is 5.69 Å². The Morgan fingerprint density at radius 2 is 2.30 bits per heavy atom. The van der Waals surface area contributed by atoms with Crippen molar-refractivity contribution >= 4 is 17.3 Å². The van der Waals surface area contributed by atoms with E-state index in [9.17, 15) is 0 Å². The maximum absolute atomic E-state index is 6.03. The molecule has 1 atom stereocenters. The SMILES string of the molecule is CC1(n2nnnc2-c2ccc(Cl)cc2N)CCCOC1. The van der Waals surface area contributed by atoms with Gasteiger partial charge >= 0.3 is 0 Å². The third-order valence-corrected chi connectivity index (χ3v) is 3.89. The molecule has 0 spiro atoms. The number of hydrogen-bond donors (Lipinski definition) is 1. The average molecular weight is 294 g/mol. The van der Waals surface area contributed by atoms with Crippen LogP contribution in [-0.2, 0) is 10.3 Å². The van der Waals surface area contributed by atoms with Gasteiger partial charge in [-0.2, -0.15) is 0 Å². The first-order chi connectivity index (χ1) is 9.60. The molecule has 2 aromatic rings. The third-order valence-electron chi connectivity index (χ3n) is 3.65. The lowest BCUT2D eigenvalue weighted by molar-refractivity contribution is 0.00349. The summed E-state index contributed by atoms with van der Waals surface area (Å²) in [5, 5.41) is 12.7. The van der Waals surface area contributed by atoms with Crippen LogP contribution in [0.25, 0.3) is 11.4 Å². The Morgan fingerprint density at radius 1 is 1.45 bits per heavy atom. The number of hydrogen-bond acceptors (Lipinski definition) is 5. The Morgan fingerprint density at radius 3 is 3.00 bits per heavy atom. The zero-order valence-corrected chi connectivity index (χ0v) is 12.0. The molecular weight excluding hydrogens is 278 g/mol. The van der Waals surface area contributed by atoms with Crippen LogP contribution in [0.2, 0.25) is 5.02 Å². The number of anilines is 1. The molecule has 1 saturated heterocycles. The average Bonchev–Trinajstić information content (AvgIpc) is 2.89. The summed E-state index contributed by atoms with van der Waals surface area (Å²) in [4.78, 5) is 0. The number of aromatic nitrogens is 4. The van der Waals surface area contributed by atoms with Crippen molar-refractivity contribution in [3.8, 4) is 11.4 Å². The Bertz CT molecular complexity index is 621. The highest BCUT2D eigenvalue weighted by molar-refractivity contribution is 6.31. The summed E-state index contributed by atoms with van der Waals surface area (Å²) in [6, 6.07) is 5.33. The van der Waals surface area contributed by atoms with Gasteiger partial charge in [0.2, 0.25) is 0 Å². The Hall–Kier alpha value is -1.66. The van der Waals surface area contributed by atoms with E-state index in [-0.39, 0.29) is 5.54 Å². The summed E-state index contributed by atoms with van der Waals surface area (Å²) >= 11 is 5.94. The van der Waals surface area contributed by atoms with Gasteiger partial charge in [-0.1, -0.05) is 11.6 Å². The minimum atomic E-state index is -0.247. The van der Waals surface area contributed by atoms with Crippen LogP contribution in [0.3, 0.4) is 0 Å². The Labute approximate surface area is 121 Å². The van der Waals surface area contributed by atoms with Crippen LogP contribution in [0.15, 0.2) is 18.2 Å². The normalized spacial score (nSPS) is 22.9. The molecule has 0 aliphatic carbocycles. The molecule has 0 amide bonds. The van der Waals surface area contributed by atoms with Gasteiger partial charge in [0.25, 0.3) is 0 Å². The zero-order chi connectivity index (χ0) is 14.2. The lowest BCUT2D eigenvalue weighted by Gasteiger charge is -2.33. The fraction of sp³-hybridized carbons (Fsp3) is 0.462. The highest BCUT2D eigenvalue weighted by Crippen LogP contribution is 2.32. The van der Waals surface area contributed by atoms with E-state index < -0.39 is 0 Å². The fourth-order valence-electron chi connectivity index (χ4n) is 2.54. The summed E-state index contributed by atoms with van der Waals surface area (Å²) in [5.41, 5.74) is 7.13. The first-order valence-electron chi connectivity index (χ1n) is 6.52. The lowest BCUT2D eigenvalue weighted by atomic mass is 9.94. The molecule has 1 unspecified atom stereocenters. The summed E-state index contributed by atoms with van der Waals surface area (Å²) < 4.78 is 7.39. The van der Waals surface area contributed by atoms with Crippen molar-refractivity contribution in [3.63, 3.8) is 0 Å². The van der Waals surface area contributed by atoms with Gasteiger partial charge in [0, 0.05) is 22.9 Å². The van der Waals surface area contributed by atoms with E-state index >= 15 is 0 Å². The van der Waals surface area contributed by atoms with E-state index in [0.29, 0.717) is 23.1 Å². The van der Waals surface area contributed by atoms with Crippen LogP contribution in [-0.4, -0.2) is 33.4 Å².